The molecular formula is C20H23NO4S. The molecule has 0 aliphatic rings. The first-order chi connectivity index (χ1) is 12.5. The number of thioether (sulfide) groups is 1. The Morgan fingerprint density at radius 2 is 1.88 bits per heavy atom. The van der Waals surface area contributed by atoms with Crippen LogP contribution in [-0.4, -0.2) is 31.3 Å². The molecule has 0 fully saturated rings. The first-order valence-electron chi connectivity index (χ1n) is 8.27. The van der Waals surface area contributed by atoms with Crippen molar-refractivity contribution in [2.45, 2.75) is 25.2 Å². The molecule has 0 spiro atoms. The molecule has 2 rings (SSSR count). The van der Waals surface area contributed by atoms with Gasteiger partial charge in [0, 0.05) is 22.4 Å². The molecule has 0 saturated carbocycles. The lowest BCUT2D eigenvalue weighted by atomic mass is 10.1. The van der Waals surface area contributed by atoms with Crippen LogP contribution >= 0.6 is 11.8 Å². The van der Waals surface area contributed by atoms with E-state index in [9.17, 15) is 9.59 Å². The molecule has 0 atom stereocenters. The predicted molar refractivity (Wildman–Crippen MR) is 104 cm³/mol. The Hall–Kier alpha value is -2.47. The van der Waals surface area contributed by atoms with E-state index in [-0.39, 0.29) is 24.9 Å². The van der Waals surface area contributed by atoms with Crippen molar-refractivity contribution < 1.29 is 19.1 Å². The Bertz CT molecular complexity index is 776. The Morgan fingerprint density at radius 1 is 1.08 bits per heavy atom. The van der Waals surface area contributed by atoms with Crippen LogP contribution in [0.1, 0.15) is 17.5 Å². The molecule has 0 aliphatic heterocycles. The number of nitrogens with one attached hydrogen (secondary N) is 1. The van der Waals surface area contributed by atoms with E-state index in [0.717, 1.165) is 4.90 Å². The maximum atomic E-state index is 11.8. The number of anilines is 1. The quantitative estimate of drug-likeness (QED) is 0.560. The van der Waals surface area contributed by atoms with E-state index in [4.69, 9.17) is 9.47 Å². The van der Waals surface area contributed by atoms with E-state index in [1.165, 1.54) is 11.1 Å². The number of carbonyl (C=O) groups is 2. The fourth-order valence-electron chi connectivity index (χ4n) is 2.17. The van der Waals surface area contributed by atoms with Crippen LogP contribution in [0.15, 0.2) is 47.4 Å². The van der Waals surface area contributed by atoms with Gasteiger partial charge in [-0.2, -0.15) is 0 Å². The van der Waals surface area contributed by atoms with Gasteiger partial charge in [-0.25, -0.2) is 0 Å². The molecule has 0 unspecified atom stereocenters. The van der Waals surface area contributed by atoms with Crippen LogP contribution in [0.5, 0.6) is 5.75 Å². The second-order valence-electron chi connectivity index (χ2n) is 5.79. The number of amides is 1. The Labute approximate surface area is 158 Å². The molecule has 2 aromatic rings. The van der Waals surface area contributed by atoms with E-state index in [0.29, 0.717) is 17.2 Å². The maximum Gasteiger partial charge on any atom is 0.307 e. The smallest absolute Gasteiger partial charge is 0.307 e. The normalized spacial score (nSPS) is 10.3. The highest BCUT2D eigenvalue weighted by Gasteiger charge is 2.09. The second-order valence-corrected chi connectivity index (χ2v) is 6.95. The number of benzene rings is 2. The molecule has 0 bridgehead atoms. The fraction of sp³-hybridized carbons (Fsp3) is 0.300. The number of hydrogen-bond donors (Lipinski definition) is 1. The van der Waals surface area contributed by atoms with Crippen LogP contribution in [-0.2, 0) is 14.3 Å². The summed E-state index contributed by atoms with van der Waals surface area (Å²) in [4.78, 5) is 24.7. The number of carbonyl (C=O) groups excluding carboxylic acids is 2. The van der Waals surface area contributed by atoms with Gasteiger partial charge in [-0.05, 0) is 49.2 Å². The van der Waals surface area contributed by atoms with Crippen molar-refractivity contribution in [3.63, 3.8) is 0 Å². The summed E-state index contributed by atoms with van der Waals surface area (Å²) < 4.78 is 10.1. The van der Waals surface area contributed by atoms with Crippen molar-refractivity contribution in [3.8, 4) is 5.75 Å². The van der Waals surface area contributed by atoms with Crippen LogP contribution in [0, 0.1) is 13.8 Å². The highest BCUT2D eigenvalue weighted by Crippen LogP contribution is 2.21. The Balaban J connectivity index is 1.69. The second kappa shape index (κ2) is 9.87. The summed E-state index contributed by atoms with van der Waals surface area (Å²) in [5.74, 6) is 0.484. The van der Waals surface area contributed by atoms with E-state index < -0.39 is 0 Å². The molecule has 0 heterocycles. The molecule has 6 heteroatoms. The van der Waals surface area contributed by atoms with Crippen LogP contribution in [0.3, 0.4) is 0 Å². The third-order valence-electron chi connectivity index (χ3n) is 3.77. The zero-order valence-electron chi connectivity index (χ0n) is 15.2. The largest absolute Gasteiger partial charge is 0.497 e. The summed E-state index contributed by atoms with van der Waals surface area (Å²) in [6, 6.07) is 13.2. The van der Waals surface area contributed by atoms with Crippen LogP contribution in [0.25, 0.3) is 0 Å². The number of esters is 1. The molecule has 1 amide bonds. The molecule has 0 aromatic heterocycles. The summed E-state index contributed by atoms with van der Waals surface area (Å²) >= 11 is 1.60. The summed E-state index contributed by atoms with van der Waals surface area (Å²) in [5.41, 5.74) is 3.07. The zero-order valence-corrected chi connectivity index (χ0v) is 16.0. The van der Waals surface area contributed by atoms with Crippen molar-refractivity contribution in [1.29, 1.82) is 0 Å². The Morgan fingerprint density at radius 3 is 2.62 bits per heavy atom. The Kier molecular flexibility index (Phi) is 7.53. The maximum absolute atomic E-state index is 11.8. The number of hydrogen-bond acceptors (Lipinski definition) is 5. The number of aryl methyl sites for hydroxylation is 2. The van der Waals surface area contributed by atoms with Gasteiger partial charge in [0.2, 0.25) is 0 Å². The van der Waals surface area contributed by atoms with Gasteiger partial charge in [-0.15, -0.1) is 11.8 Å². The lowest BCUT2D eigenvalue weighted by Crippen LogP contribution is -2.21. The molecule has 2 aromatic carbocycles. The summed E-state index contributed by atoms with van der Waals surface area (Å²) in [6.45, 7) is 3.83. The number of methoxy groups -OCH3 is 1. The standard InChI is InChI=1S/C20H23NO4S/c1-14-7-8-18(11-15(14)2)26-10-9-20(23)25-13-19(22)21-16-5-4-6-17(12-16)24-3/h4-8,11-12H,9-10,13H2,1-3H3,(H,21,22). The minimum Gasteiger partial charge on any atom is -0.497 e. The third kappa shape index (κ3) is 6.44. The highest BCUT2D eigenvalue weighted by molar-refractivity contribution is 7.99. The van der Waals surface area contributed by atoms with Gasteiger partial charge in [0.1, 0.15) is 5.75 Å². The van der Waals surface area contributed by atoms with Crippen LogP contribution in [0.2, 0.25) is 0 Å². The molecule has 1 N–H and O–H groups in total. The molecule has 0 radical (unpaired) electrons. The molecular weight excluding hydrogens is 350 g/mol. The first kappa shape index (κ1) is 19.8. The van der Waals surface area contributed by atoms with E-state index >= 15 is 0 Å². The minimum atomic E-state index is -0.387. The van der Waals surface area contributed by atoms with Gasteiger partial charge in [0.05, 0.1) is 13.5 Å². The average Bonchev–Trinajstić information content (AvgIpc) is 2.63. The predicted octanol–water partition coefficient (Wildman–Crippen LogP) is 3.98. The molecule has 138 valence electrons. The van der Waals surface area contributed by atoms with Gasteiger partial charge in [0.15, 0.2) is 6.61 Å². The topological polar surface area (TPSA) is 64.6 Å². The van der Waals surface area contributed by atoms with Crippen molar-refractivity contribution in [1.82, 2.24) is 0 Å². The SMILES string of the molecule is COc1cccc(NC(=O)COC(=O)CCSc2ccc(C)c(C)c2)c1. The van der Waals surface area contributed by atoms with Gasteiger partial charge in [0.25, 0.3) is 5.91 Å². The van der Waals surface area contributed by atoms with Gasteiger partial charge < -0.3 is 14.8 Å². The lowest BCUT2D eigenvalue weighted by Gasteiger charge is -2.08. The number of ether oxygens (including phenoxy) is 2. The number of rotatable bonds is 8. The monoisotopic (exact) mass is 373 g/mol. The molecule has 0 aliphatic carbocycles. The van der Waals surface area contributed by atoms with Crippen LogP contribution in [0.4, 0.5) is 5.69 Å². The van der Waals surface area contributed by atoms with Crippen molar-refractivity contribution in [3.05, 3.63) is 53.6 Å². The van der Waals surface area contributed by atoms with Gasteiger partial charge >= 0.3 is 5.97 Å². The molecule has 26 heavy (non-hydrogen) atoms. The van der Waals surface area contributed by atoms with E-state index in [1.807, 2.05) is 6.07 Å². The molecule has 5 nitrogen and oxygen atoms in total. The highest BCUT2D eigenvalue weighted by atomic mass is 32.2. The van der Waals surface area contributed by atoms with E-state index in [2.05, 4.69) is 31.3 Å². The summed E-state index contributed by atoms with van der Waals surface area (Å²) in [7, 11) is 1.55. The summed E-state index contributed by atoms with van der Waals surface area (Å²) in [5, 5.41) is 2.66. The van der Waals surface area contributed by atoms with Crippen molar-refractivity contribution in [2.24, 2.45) is 0 Å². The first-order valence-corrected chi connectivity index (χ1v) is 9.26. The summed E-state index contributed by atoms with van der Waals surface area (Å²) in [6.07, 6.45) is 0.254. The van der Waals surface area contributed by atoms with Crippen molar-refractivity contribution >= 4 is 29.3 Å². The lowest BCUT2D eigenvalue weighted by molar-refractivity contribution is -0.146. The third-order valence-corrected chi connectivity index (χ3v) is 4.77. The van der Waals surface area contributed by atoms with Crippen LogP contribution < -0.4 is 10.1 Å². The average molecular weight is 373 g/mol. The van der Waals surface area contributed by atoms with Gasteiger partial charge in [-0.1, -0.05) is 12.1 Å². The fourth-order valence-corrected chi connectivity index (χ4v) is 3.10. The van der Waals surface area contributed by atoms with Crippen molar-refractivity contribution in [2.75, 3.05) is 24.8 Å². The zero-order chi connectivity index (χ0) is 18.9. The minimum absolute atomic E-state index is 0.254. The molecule has 0 saturated heterocycles. The van der Waals surface area contributed by atoms with Gasteiger partial charge in [-0.3, -0.25) is 9.59 Å². The van der Waals surface area contributed by atoms with E-state index in [1.54, 1.807) is 43.1 Å².